The molecule has 1 amide bonds. The van der Waals surface area contributed by atoms with Crippen LogP contribution in [0.5, 0.6) is 11.5 Å². The normalized spacial score (nSPS) is 14.7. The lowest BCUT2D eigenvalue weighted by molar-refractivity contribution is -0.125. The molecule has 0 aliphatic carbocycles. The summed E-state index contributed by atoms with van der Waals surface area (Å²) in [6.07, 6.45) is 3.62. The molecule has 1 aromatic rings. The molecule has 1 aromatic carbocycles. The number of ether oxygens (including phenoxy) is 2. The zero-order valence-electron chi connectivity index (χ0n) is 13.9. The molecular formula is C17H27ClN2O3. The van der Waals surface area contributed by atoms with Crippen molar-refractivity contribution >= 4 is 18.3 Å². The Morgan fingerprint density at radius 2 is 2.00 bits per heavy atom. The van der Waals surface area contributed by atoms with E-state index in [0.717, 1.165) is 55.8 Å². The van der Waals surface area contributed by atoms with Crippen LogP contribution in [0.2, 0.25) is 0 Å². The summed E-state index contributed by atoms with van der Waals surface area (Å²) < 4.78 is 10.6. The van der Waals surface area contributed by atoms with Crippen LogP contribution in [0.15, 0.2) is 18.2 Å². The van der Waals surface area contributed by atoms with Crippen molar-refractivity contribution in [2.75, 3.05) is 33.9 Å². The van der Waals surface area contributed by atoms with Crippen molar-refractivity contribution in [3.05, 3.63) is 23.8 Å². The molecule has 130 valence electrons. The molecule has 0 saturated carbocycles. The van der Waals surface area contributed by atoms with Crippen LogP contribution < -0.4 is 20.1 Å². The highest BCUT2D eigenvalue weighted by molar-refractivity contribution is 5.85. The Hall–Kier alpha value is -1.46. The smallest absolute Gasteiger partial charge is 0.223 e. The minimum absolute atomic E-state index is 0. The second kappa shape index (κ2) is 10.3. The first-order valence-electron chi connectivity index (χ1n) is 7.94. The molecule has 0 aromatic heterocycles. The van der Waals surface area contributed by atoms with E-state index in [9.17, 15) is 4.79 Å². The second-order valence-electron chi connectivity index (χ2n) is 5.60. The first kappa shape index (κ1) is 19.6. The lowest BCUT2D eigenvalue weighted by Gasteiger charge is -2.21. The van der Waals surface area contributed by atoms with Crippen LogP contribution in [0.25, 0.3) is 0 Å². The van der Waals surface area contributed by atoms with Crippen molar-refractivity contribution in [2.24, 2.45) is 5.92 Å². The van der Waals surface area contributed by atoms with Crippen LogP contribution in [0, 0.1) is 5.92 Å². The van der Waals surface area contributed by atoms with Gasteiger partial charge in [-0.3, -0.25) is 4.79 Å². The Labute approximate surface area is 144 Å². The molecule has 0 radical (unpaired) electrons. The van der Waals surface area contributed by atoms with Crippen molar-refractivity contribution in [3.63, 3.8) is 0 Å². The van der Waals surface area contributed by atoms with E-state index in [2.05, 4.69) is 10.6 Å². The number of rotatable bonds is 7. The number of benzene rings is 1. The molecule has 0 spiro atoms. The van der Waals surface area contributed by atoms with E-state index in [4.69, 9.17) is 9.47 Å². The summed E-state index contributed by atoms with van der Waals surface area (Å²) in [5.41, 5.74) is 1.11. The van der Waals surface area contributed by atoms with Crippen molar-refractivity contribution in [1.82, 2.24) is 10.6 Å². The molecule has 1 aliphatic heterocycles. The Morgan fingerprint density at radius 1 is 1.26 bits per heavy atom. The van der Waals surface area contributed by atoms with Gasteiger partial charge in [0.2, 0.25) is 5.91 Å². The molecule has 1 saturated heterocycles. The van der Waals surface area contributed by atoms with Crippen LogP contribution in [0.4, 0.5) is 0 Å². The maximum absolute atomic E-state index is 12.0. The van der Waals surface area contributed by atoms with E-state index in [1.165, 1.54) is 0 Å². The third-order valence-electron chi connectivity index (χ3n) is 4.12. The van der Waals surface area contributed by atoms with Gasteiger partial charge in [-0.25, -0.2) is 0 Å². The van der Waals surface area contributed by atoms with Gasteiger partial charge in [-0.1, -0.05) is 0 Å². The van der Waals surface area contributed by atoms with E-state index in [1.54, 1.807) is 14.2 Å². The lowest BCUT2D eigenvalue weighted by atomic mass is 9.97. The number of hydrogen-bond acceptors (Lipinski definition) is 4. The summed E-state index contributed by atoms with van der Waals surface area (Å²) in [6.45, 7) is 2.58. The predicted octanol–water partition coefficient (Wildman–Crippen LogP) is 2.17. The molecule has 2 N–H and O–H groups in total. The standard InChI is InChI=1S/C17H26N2O3.ClH/c1-21-15-5-6-16(22-2)14(12-15)4-3-9-19-17(20)13-7-10-18-11-8-13;/h5-6,12-13,18H,3-4,7-11H2,1-2H3,(H,19,20);1H. The quantitative estimate of drug-likeness (QED) is 0.746. The predicted molar refractivity (Wildman–Crippen MR) is 93.7 cm³/mol. The number of amides is 1. The van der Waals surface area contributed by atoms with E-state index < -0.39 is 0 Å². The first-order chi connectivity index (χ1) is 10.7. The van der Waals surface area contributed by atoms with Gasteiger partial charge in [0.25, 0.3) is 0 Å². The Balaban J connectivity index is 0.00000264. The van der Waals surface area contributed by atoms with Gasteiger partial charge in [-0.15, -0.1) is 12.4 Å². The van der Waals surface area contributed by atoms with Gasteiger partial charge in [-0.05, 0) is 62.5 Å². The number of halogens is 1. The molecule has 1 fully saturated rings. The highest BCUT2D eigenvalue weighted by Crippen LogP contribution is 2.25. The van der Waals surface area contributed by atoms with E-state index >= 15 is 0 Å². The molecule has 0 unspecified atom stereocenters. The molecule has 0 atom stereocenters. The molecule has 1 aliphatic rings. The molecule has 2 rings (SSSR count). The summed E-state index contributed by atoms with van der Waals surface area (Å²) in [5, 5.41) is 6.33. The van der Waals surface area contributed by atoms with Gasteiger partial charge in [0.1, 0.15) is 11.5 Å². The highest BCUT2D eigenvalue weighted by atomic mass is 35.5. The van der Waals surface area contributed by atoms with Crippen LogP contribution >= 0.6 is 12.4 Å². The topological polar surface area (TPSA) is 59.6 Å². The number of carbonyl (C=O) groups is 1. The minimum Gasteiger partial charge on any atom is -0.497 e. The Bertz CT molecular complexity index is 491. The summed E-state index contributed by atoms with van der Waals surface area (Å²) >= 11 is 0. The van der Waals surface area contributed by atoms with Crippen LogP contribution in [0.3, 0.4) is 0 Å². The Kier molecular flexibility index (Phi) is 8.81. The van der Waals surface area contributed by atoms with Crippen molar-refractivity contribution in [1.29, 1.82) is 0 Å². The molecule has 0 bridgehead atoms. The van der Waals surface area contributed by atoms with Crippen LogP contribution in [0.1, 0.15) is 24.8 Å². The van der Waals surface area contributed by atoms with Gasteiger partial charge >= 0.3 is 0 Å². The van der Waals surface area contributed by atoms with Gasteiger partial charge < -0.3 is 20.1 Å². The first-order valence-corrected chi connectivity index (χ1v) is 7.94. The lowest BCUT2D eigenvalue weighted by Crippen LogP contribution is -2.38. The summed E-state index contributed by atoms with van der Waals surface area (Å²) in [6, 6.07) is 5.80. The van der Waals surface area contributed by atoms with Crippen LogP contribution in [-0.4, -0.2) is 39.8 Å². The average molecular weight is 343 g/mol. The second-order valence-corrected chi connectivity index (χ2v) is 5.60. The van der Waals surface area contributed by atoms with Gasteiger partial charge in [0.15, 0.2) is 0 Å². The number of hydrogen-bond donors (Lipinski definition) is 2. The minimum atomic E-state index is 0. The number of methoxy groups -OCH3 is 2. The molecule has 1 heterocycles. The number of nitrogens with one attached hydrogen (secondary N) is 2. The number of carbonyl (C=O) groups excluding carboxylic acids is 1. The largest absolute Gasteiger partial charge is 0.497 e. The van der Waals surface area contributed by atoms with Gasteiger partial charge in [-0.2, -0.15) is 0 Å². The number of aryl methyl sites for hydroxylation is 1. The zero-order chi connectivity index (χ0) is 15.8. The van der Waals surface area contributed by atoms with E-state index in [0.29, 0.717) is 6.54 Å². The SMILES string of the molecule is COc1ccc(OC)c(CCCNC(=O)C2CCNCC2)c1.Cl. The van der Waals surface area contributed by atoms with Crippen molar-refractivity contribution in [3.8, 4) is 11.5 Å². The maximum Gasteiger partial charge on any atom is 0.223 e. The fourth-order valence-electron chi connectivity index (χ4n) is 2.80. The highest BCUT2D eigenvalue weighted by Gasteiger charge is 2.20. The molecule has 6 heteroatoms. The third-order valence-corrected chi connectivity index (χ3v) is 4.12. The van der Waals surface area contributed by atoms with Crippen molar-refractivity contribution in [2.45, 2.75) is 25.7 Å². The molecule has 23 heavy (non-hydrogen) atoms. The molecular weight excluding hydrogens is 316 g/mol. The summed E-state index contributed by atoms with van der Waals surface area (Å²) in [7, 11) is 3.33. The molecule has 5 nitrogen and oxygen atoms in total. The summed E-state index contributed by atoms with van der Waals surface area (Å²) in [5.74, 6) is 2.06. The van der Waals surface area contributed by atoms with Crippen LogP contribution in [-0.2, 0) is 11.2 Å². The fourth-order valence-corrected chi connectivity index (χ4v) is 2.80. The van der Waals surface area contributed by atoms with Gasteiger partial charge in [0.05, 0.1) is 14.2 Å². The monoisotopic (exact) mass is 342 g/mol. The van der Waals surface area contributed by atoms with Gasteiger partial charge in [0, 0.05) is 12.5 Å². The summed E-state index contributed by atoms with van der Waals surface area (Å²) in [4.78, 5) is 12.0. The third kappa shape index (κ3) is 5.92. The van der Waals surface area contributed by atoms with Crippen molar-refractivity contribution < 1.29 is 14.3 Å². The maximum atomic E-state index is 12.0. The fraction of sp³-hybridized carbons (Fsp3) is 0.588. The average Bonchev–Trinajstić information content (AvgIpc) is 2.59. The Morgan fingerprint density at radius 3 is 2.65 bits per heavy atom. The zero-order valence-corrected chi connectivity index (χ0v) is 14.7. The number of piperidine rings is 1. The van der Waals surface area contributed by atoms with E-state index in [1.807, 2.05) is 18.2 Å². The van der Waals surface area contributed by atoms with E-state index in [-0.39, 0.29) is 24.2 Å².